The fraction of sp³-hybridized carbons (Fsp3) is 0.269. The van der Waals surface area contributed by atoms with E-state index < -0.39 is 47.3 Å². The summed E-state index contributed by atoms with van der Waals surface area (Å²) in [6, 6.07) is 6.65. The van der Waals surface area contributed by atoms with Crippen molar-refractivity contribution < 1.29 is 41.0 Å². The molecular weight excluding hydrogens is 555 g/mol. The number of anilines is 1. The maximum Gasteiger partial charge on any atom is 0.450 e. The molecule has 15 heteroatoms. The number of nitrogens with one attached hydrogen (secondary N) is 2. The van der Waals surface area contributed by atoms with Crippen LogP contribution >= 0.6 is 0 Å². The minimum Gasteiger partial charge on any atom is -0.351 e. The van der Waals surface area contributed by atoms with Gasteiger partial charge in [-0.3, -0.25) is 14.2 Å². The molecule has 0 aliphatic rings. The quantitative estimate of drug-likeness (QED) is 0.210. The maximum atomic E-state index is 13.9. The highest BCUT2D eigenvalue weighted by atomic mass is 19.4. The molecule has 10 nitrogen and oxygen atoms in total. The van der Waals surface area contributed by atoms with Crippen molar-refractivity contribution in [3.63, 3.8) is 0 Å². The number of ether oxygens (including phenoxy) is 2. The lowest BCUT2D eigenvalue weighted by atomic mass is 10.2. The van der Waals surface area contributed by atoms with Gasteiger partial charge in [0.2, 0.25) is 5.82 Å². The molecule has 0 unspecified atom stereocenters. The zero-order valence-electron chi connectivity index (χ0n) is 21.6. The highest BCUT2D eigenvalue weighted by Crippen LogP contribution is 2.33. The number of benzene rings is 2. The lowest BCUT2D eigenvalue weighted by Crippen LogP contribution is -2.35. The second-order valence-electron chi connectivity index (χ2n) is 8.33. The number of imidazole rings is 1. The van der Waals surface area contributed by atoms with E-state index in [1.165, 1.54) is 18.2 Å². The van der Waals surface area contributed by atoms with Crippen LogP contribution in [0.15, 0.2) is 48.8 Å². The van der Waals surface area contributed by atoms with E-state index in [-0.39, 0.29) is 34.8 Å². The molecule has 2 N–H and O–H groups in total. The molecule has 0 aliphatic carbocycles. The summed E-state index contributed by atoms with van der Waals surface area (Å²) < 4.78 is 81.0. The van der Waals surface area contributed by atoms with E-state index in [4.69, 9.17) is 9.47 Å². The lowest BCUT2D eigenvalue weighted by molar-refractivity contribution is -0.145. The standard InChI is InChI=1S/C26H23F5N6O4/c1-3-40-21(41-4-2)13-34-23(38)14-8-9-18-17(10-14)35-25(26(29,30)31)37(18)20-12-32-19(11-33-20)36-24(39)22-15(27)6-5-7-16(22)28/h5-12,21H,3-4,13H2,1-2H3,(H,34,38)(H,32,36,39). The van der Waals surface area contributed by atoms with Crippen molar-refractivity contribution in [2.45, 2.75) is 26.3 Å². The SMILES string of the molecule is CCOC(CNC(=O)c1ccc2c(c1)nc(C(F)(F)F)n2-c1cnc(NC(=O)c2c(F)cccc2F)cn1)OCC. The molecule has 0 bridgehead atoms. The predicted molar refractivity (Wildman–Crippen MR) is 135 cm³/mol. The van der Waals surface area contributed by atoms with Crippen LogP contribution in [0.1, 0.15) is 40.4 Å². The number of carbonyl (C=O) groups excluding carboxylic acids is 2. The van der Waals surface area contributed by atoms with Gasteiger partial charge in [-0.05, 0) is 44.2 Å². The number of hydrogen-bond donors (Lipinski definition) is 2. The summed E-state index contributed by atoms with van der Waals surface area (Å²) in [4.78, 5) is 36.4. The Labute approximate surface area is 229 Å². The topological polar surface area (TPSA) is 120 Å². The average Bonchev–Trinajstić information content (AvgIpc) is 3.32. The van der Waals surface area contributed by atoms with Crippen molar-refractivity contribution in [3.8, 4) is 5.82 Å². The average molecular weight is 578 g/mol. The van der Waals surface area contributed by atoms with Gasteiger partial charge < -0.3 is 20.1 Å². The fourth-order valence-corrected chi connectivity index (χ4v) is 3.85. The van der Waals surface area contributed by atoms with Gasteiger partial charge >= 0.3 is 6.18 Å². The highest BCUT2D eigenvalue weighted by Gasteiger charge is 2.38. The van der Waals surface area contributed by atoms with Gasteiger partial charge in [-0.25, -0.2) is 23.7 Å². The van der Waals surface area contributed by atoms with Crippen LogP contribution in [0.5, 0.6) is 0 Å². The summed E-state index contributed by atoms with van der Waals surface area (Å²) in [5, 5.41) is 4.76. The zero-order valence-corrected chi connectivity index (χ0v) is 21.6. The Kier molecular flexibility index (Phi) is 8.88. The Morgan fingerprint density at radius 2 is 1.66 bits per heavy atom. The van der Waals surface area contributed by atoms with Crippen molar-refractivity contribution in [2.24, 2.45) is 0 Å². The van der Waals surface area contributed by atoms with Crippen LogP contribution in [-0.2, 0) is 15.7 Å². The first-order chi connectivity index (χ1) is 19.5. The minimum absolute atomic E-state index is 0.0167. The van der Waals surface area contributed by atoms with Crippen LogP contribution in [-0.4, -0.2) is 57.4 Å². The number of fused-ring (bicyclic) bond motifs is 1. The normalized spacial score (nSPS) is 11.7. The molecule has 41 heavy (non-hydrogen) atoms. The maximum absolute atomic E-state index is 13.9. The second kappa shape index (κ2) is 12.3. The molecule has 4 rings (SSSR count). The summed E-state index contributed by atoms with van der Waals surface area (Å²) in [5.74, 6) is -5.88. The van der Waals surface area contributed by atoms with Crippen LogP contribution in [0.3, 0.4) is 0 Å². The summed E-state index contributed by atoms with van der Waals surface area (Å²) >= 11 is 0. The van der Waals surface area contributed by atoms with E-state index in [2.05, 4.69) is 25.6 Å². The van der Waals surface area contributed by atoms with Crippen molar-refractivity contribution in [1.29, 1.82) is 0 Å². The molecule has 2 aromatic heterocycles. The third-order valence-corrected chi connectivity index (χ3v) is 5.60. The summed E-state index contributed by atoms with van der Waals surface area (Å²) in [7, 11) is 0. The van der Waals surface area contributed by atoms with Crippen LogP contribution in [0.4, 0.5) is 27.8 Å². The summed E-state index contributed by atoms with van der Waals surface area (Å²) in [6.07, 6.45) is -3.76. The van der Waals surface area contributed by atoms with Crippen LogP contribution in [0, 0.1) is 11.6 Å². The first kappa shape index (κ1) is 29.5. The number of amides is 2. The largest absolute Gasteiger partial charge is 0.450 e. The summed E-state index contributed by atoms with van der Waals surface area (Å²) in [5.41, 5.74) is -0.989. The first-order valence-corrected chi connectivity index (χ1v) is 12.2. The number of nitrogens with zero attached hydrogens (tertiary/aromatic N) is 4. The van der Waals surface area contributed by atoms with Crippen LogP contribution < -0.4 is 10.6 Å². The van der Waals surface area contributed by atoms with Crippen molar-refractivity contribution >= 4 is 28.7 Å². The molecule has 0 radical (unpaired) electrons. The van der Waals surface area contributed by atoms with Gasteiger partial charge in [0.25, 0.3) is 11.8 Å². The van der Waals surface area contributed by atoms with E-state index >= 15 is 0 Å². The molecule has 4 aromatic rings. The predicted octanol–water partition coefficient (Wildman–Crippen LogP) is 4.49. The van der Waals surface area contributed by atoms with Gasteiger partial charge in [0.1, 0.15) is 17.2 Å². The van der Waals surface area contributed by atoms with Gasteiger partial charge in [0, 0.05) is 18.8 Å². The molecule has 0 atom stereocenters. The molecule has 0 fully saturated rings. The third kappa shape index (κ3) is 6.63. The highest BCUT2D eigenvalue weighted by molar-refractivity contribution is 6.04. The molecule has 2 heterocycles. The molecule has 2 amide bonds. The van der Waals surface area contributed by atoms with Crippen LogP contribution in [0.25, 0.3) is 16.9 Å². The van der Waals surface area contributed by atoms with Gasteiger partial charge in [0.05, 0.1) is 30.0 Å². The smallest absolute Gasteiger partial charge is 0.351 e. The van der Waals surface area contributed by atoms with Crippen molar-refractivity contribution in [3.05, 3.63) is 77.4 Å². The Morgan fingerprint density at radius 1 is 0.976 bits per heavy atom. The molecule has 216 valence electrons. The number of rotatable bonds is 10. The van der Waals surface area contributed by atoms with Gasteiger partial charge in [-0.2, -0.15) is 13.2 Å². The van der Waals surface area contributed by atoms with E-state index in [0.717, 1.165) is 30.6 Å². The monoisotopic (exact) mass is 578 g/mol. The second-order valence-corrected chi connectivity index (χ2v) is 8.33. The molecule has 0 aliphatic heterocycles. The fourth-order valence-electron chi connectivity index (χ4n) is 3.85. The van der Waals surface area contributed by atoms with Crippen molar-refractivity contribution in [2.75, 3.05) is 25.1 Å². The lowest BCUT2D eigenvalue weighted by Gasteiger charge is -2.17. The van der Waals surface area contributed by atoms with Gasteiger partial charge in [-0.15, -0.1) is 0 Å². The molecule has 0 spiro atoms. The van der Waals surface area contributed by atoms with Gasteiger partial charge in [-0.1, -0.05) is 6.07 Å². The number of aromatic nitrogens is 4. The number of alkyl halides is 3. The van der Waals surface area contributed by atoms with E-state index in [9.17, 15) is 31.5 Å². The molecular formula is C26H23F5N6O4. The Balaban J connectivity index is 1.61. The Hall–Kier alpha value is -4.50. The van der Waals surface area contributed by atoms with E-state index in [1.807, 2.05) is 0 Å². The number of hydrogen-bond acceptors (Lipinski definition) is 7. The van der Waals surface area contributed by atoms with Crippen molar-refractivity contribution in [1.82, 2.24) is 24.8 Å². The number of halogens is 5. The van der Waals surface area contributed by atoms with Crippen LogP contribution in [0.2, 0.25) is 0 Å². The number of carbonyl (C=O) groups is 2. The molecule has 2 aromatic carbocycles. The third-order valence-electron chi connectivity index (χ3n) is 5.60. The Morgan fingerprint density at radius 3 is 2.24 bits per heavy atom. The summed E-state index contributed by atoms with van der Waals surface area (Å²) in [6.45, 7) is 4.24. The first-order valence-electron chi connectivity index (χ1n) is 12.2. The Bertz CT molecular complexity index is 1530. The van der Waals surface area contributed by atoms with E-state index in [1.54, 1.807) is 13.8 Å². The molecule has 0 saturated carbocycles. The minimum atomic E-state index is -4.92. The van der Waals surface area contributed by atoms with Gasteiger partial charge in [0.15, 0.2) is 17.9 Å². The molecule has 0 saturated heterocycles. The zero-order chi connectivity index (χ0) is 29.7. The van der Waals surface area contributed by atoms with E-state index in [0.29, 0.717) is 17.8 Å².